The fourth-order valence-corrected chi connectivity index (χ4v) is 4.69. The second-order valence-electron chi connectivity index (χ2n) is 9.15. The zero-order valence-corrected chi connectivity index (χ0v) is 18.0. The SMILES string of the molecule is CN(C(=O)C1CNC1)C(c1ccc(NC2Cc3ccccc3C2(C)C)cc1)C(F)(F)F. The van der Waals surface area contributed by atoms with E-state index in [2.05, 4.69) is 36.6 Å². The summed E-state index contributed by atoms with van der Waals surface area (Å²) in [5.41, 5.74) is 3.34. The van der Waals surface area contributed by atoms with Crippen LogP contribution in [0.3, 0.4) is 0 Å². The van der Waals surface area contributed by atoms with Crippen LogP contribution in [0.1, 0.15) is 36.6 Å². The van der Waals surface area contributed by atoms with Gasteiger partial charge in [0, 0.05) is 37.3 Å². The van der Waals surface area contributed by atoms with Crippen molar-refractivity contribution < 1.29 is 18.0 Å². The van der Waals surface area contributed by atoms with Gasteiger partial charge in [-0.05, 0) is 35.2 Å². The summed E-state index contributed by atoms with van der Waals surface area (Å²) in [5.74, 6) is -0.865. The highest BCUT2D eigenvalue weighted by Crippen LogP contribution is 2.41. The minimum Gasteiger partial charge on any atom is -0.381 e. The third kappa shape index (κ3) is 4.03. The number of hydrogen-bond donors (Lipinski definition) is 2. The van der Waals surface area contributed by atoms with Crippen LogP contribution in [0.25, 0.3) is 0 Å². The molecule has 1 saturated heterocycles. The molecule has 1 fully saturated rings. The molecular weight excluding hydrogens is 403 g/mol. The molecule has 1 aliphatic carbocycles. The summed E-state index contributed by atoms with van der Waals surface area (Å²) in [6, 6.07) is 12.8. The number of nitrogens with zero attached hydrogens (tertiary/aromatic N) is 1. The van der Waals surface area contributed by atoms with Gasteiger partial charge in [0.2, 0.25) is 5.91 Å². The molecule has 0 spiro atoms. The Morgan fingerprint density at radius 2 is 1.77 bits per heavy atom. The zero-order valence-electron chi connectivity index (χ0n) is 18.0. The Bertz CT molecular complexity index is 951. The van der Waals surface area contributed by atoms with Crippen molar-refractivity contribution in [1.29, 1.82) is 0 Å². The molecule has 0 bridgehead atoms. The van der Waals surface area contributed by atoms with E-state index in [0.717, 1.165) is 17.0 Å². The maximum absolute atomic E-state index is 13.9. The first-order valence-corrected chi connectivity index (χ1v) is 10.6. The second-order valence-corrected chi connectivity index (χ2v) is 9.15. The normalized spacial score (nSPS) is 21.2. The van der Waals surface area contributed by atoms with E-state index in [0.29, 0.717) is 13.1 Å². The van der Waals surface area contributed by atoms with Gasteiger partial charge in [-0.2, -0.15) is 13.2 Å². The standard InChI is InChI=1S/C24H28F3N3O/c1-23(2)19-7-5-4-6-16(19)12-20(23)29-18-10-8-15(9-11-18)21(24(25,26)27)30(3)22(31)17-13-28-14-17/h4-11,17,20-21,28-29H,12-14H2,1-3H3. The van der Waals surface area contributed by atoms with Gasteiger partial charge in [0.1, 0.15) is 0 Å². The summed E-state index contributed by atoms with van der Waals surface area (Å²) in [4.78, 5) is 13.3. The number of carbonyl (C=O) groups is 1. The molecule has 1 amide bonds. The molecule has 166 valence electrons. The van der Waals surface area contributed by atoms with Gasteiger partial charge in [0.05, 0.1) is 5.92 Å². The number of nitrogens with one attached hydrogen (secondary N) is 2. The molecule has 2 N–H and O–H groups in total. The van der Waals surface area contributed by atoms with Crippen LogP contribution in [-0.4, -0.2) is 43.2 Å². The van der Waals surface area contributed by atoms with Crippen LogP contribution in [0.15, 0.2) is 48.5 Å². The predicted molar refractivity (Wildman–Crippen MR) is 115 cm³/mol. The summed E-state index contributed by atoms with van der Waals surface area (Å²) < 4.78 is 41.6. The topological polar surface area (TPSA) is 44.4 Å². The fourth-order valence-electron chi connectivity index (χ4n) is 4.69. The number of alkyl halides is 3. The number of benzene rings is 2. The Balaban J connectivity index is 1.52. The Morgan fingerprint density at radius 1 is 1.13 bits per heavy atom. The Labute approximate surface area is 180 Å². The lowest BCUT2D eigenvalue weighted by Crippen LogP contribution is -2.53. The van der Waals surface area contributed by atoms with Crippen LogP contribution in [-0.2, 0) is 16.6 Å². The van der Waals surface area contributed by atoms with Crippen molar-refractivity contribution >= 4 is 11.6 Å². The van der Waals surface area contributed by atoms with E-state index in [1.807, 2.05) is 12.1 Å². The molecule has 2 unspecified atom stereocenters. The quantitative estimate of drug-likeness (QED) is 0.743. The first-order chi connectivity index (χ1) is 14.6. The maximum Gasteiger partial charge on any atom is 0.413 e. The van der Waals surface area contributed by atoms with Crippen molar-refractivity contribution in [3.63, 3.8) is 0 Å². The minimum absolute atomic E-state index is 0.0650. The van der Waals surface area contributed by atoms with Crippen molar-refractivity contribution in [2.24, 2.45) is 5.92 Å². The van der Waals surface area contributed by atoms with E-state index < -0.39 is 18.1 Å². The number of hydrogen-bond acceptors (Lipinski definition) is 3. The number of fused-ring (bicyclic) bond motifs is 1. The van der Waals surface area contributed by atoms with Crippen LogP contribution in [0.4, 0.5) is 18.9 Å². The lowest BCUT2D eigenvalue weighted by Gasteiger charge is -2.36. The number of amides is 1. The lowest BCUT2D eigenvalue weighted by atomic mass is 9.83. The number of rotatable bonds is 5. The highest BCUT2D eigenvalue weighted by molar-refractivity contribution is 5.80. The molecule has 2 atom stereocenters. The predicted octanol–water partition coefficient (Wildman–Crippen LogP) is 4.28. The molecule has 2 aliphatic rings. The van der Waals surface area contributed by atoms with Crippen molar-refractivity contribution in [1.82, 2.24) is 10.2 Å². The van der Waals surface area contributed by atoms with E-state index >= 15 is 0 Å². The average Bonchev–Trinajstić information content (AvgIpc) is 2.91. The third-order valence-electron chi connectivity index (χ3n) is 6.75. The molecule has 2 aromatic rings. The summed E-state index contributed by atoms with van der Waals surface area (Å²) >= 11 is 0. The molecule has 7 heteroatoms. The van der Waals surface area contributed by atoms with Gasteiger partial charge in [0.25, 0.3) is 0 Å². The largest absolute Gasteiger partial charge is 0.413 e. The van der Waals surface area contributed by atoms with Crippen molar-refractivity contribution in [2.75, 3.05) is 25.5 Å². The Morgan fingerprint density at radius 3 is 2.32 bits per heavy atom. The van der Waals surface area contributed by atoms with E-state index in [9.17, 15) is 18.0 Å². The first kappa shape index (κ1) is 21.7. The van der Waals surface area contributed by atoms with Gasteiger partial charge in [-0.1, -0.05) is 50.2 Å². The smallest absolute Gasteiger partial charge is 0.381 e. The van der Waals surface area contributed by atoms with Gasteiger partial charge in [-0.15, -0.1) is 0 Å². The van der Waals surface area contributed by atoms with E-state index in [1.54, 1.807) is 12.1 Å². The van der Waals surface area contributed by atoms with Gasteiger partial charge < -0.3 is 15.5 Å². The van der Waals surface area contributed by atoms with E-state index in [-0.39, 0.29) is 22.9 Å². The first-order valence-electron chi connectivity index (χ1n) is 10.6. The monoisotopic (exact) mass is 431 g/mol. The molecule has 0 aromatic heterocycles. The van der Waals surface area contributed by atoms with Crippen LogP contribution in [0.5, 0.6) is 0 Å². The Hall–Kier alpha value is -2.54. The van der Waals surface area contributed by atoms with Crippen LogP contribution >= 0.6 is 0 Å². The summed E-state index contributed by atoms with van der Waals surface area (Å²) in [7, 11) is 1.24. The fraction of sp³-hybridized carbons (Fsp3) is 0.458. The third-order valence-corrected chi connectivity index (χ3v) is 6.75. The molecule has 0 saturated carbocycles. The van der Waals surface area contributed by atoms with Crippen molar-refractivity contribution in [3.05, 3.63) is 65.2 Å². The minimum atomic E-state index is -4.55. The van der Waals surface area contributed by atoms with Crippen molar-refractivity contribution in [3.8, 4) is 0 Å². The second kappa shape index (κ2) is 7.86. The number of carbonyl (C=O) groups excluding carboxylic acids is 1. The van der Waals surface area contributed by atoms with Gasteiger partial charge in [-0.25, -0.2) is 0 Å². The van der Waals surface area contributed by atoms with Crippen molar-refractivity contribution in [2.45, 2.75) is 43.9 Å². The van der Waals surface area contributed by atoms with E-state index in [4.69, 9.17) is 0 Å². The summed E-state index contributed by atoms with van der Waals surface area (Å²) in [6.45, 7) is 5.22. The lowest BCUT2D eigenvalue weighted by molar-refractivity contribution is -0.191. The molecule has 4 rings (SSSR count). The summed E-state index contributed by atoms with van der Waals surface area (Å²) in [5, 5.41) is 6.43. The Kier molecular flexibility index (Phi) is 5.50. The molecule has 4 nitrogen and oxygen atoms in total. The maximum atomic E-state index is 13.9. The molecule has 1 aliphatic heterocycles. The zero-order chi connectivity index (χ0) is 22.4. The number of halogens is 3. The molecule has 1 heterocycles. The molecule has 0 radical (unpaired) electrons. The highest BCUT2D eigenvalue weighted by atomic mass is 19.4. The van der Waals surface area contributed by atoms with Crippen LogP contribution < -0.4 is 10.6 Å². The van der Waals surface area contributed by atoms with Crippen LogP contribution in [0, 0.1) is 5.92 Å². The van der Waals surface area contributed by atoms with E-state index in [1.165, 1.54) is 30.3 Å². The molecular formula is C24H28F3N3O. The average molecular weight is 432 g/mol. The van der Waals surface area contributed by atoms with Gasteiger partial charge >= 0.3 is 6.18 Å². The number of anilines is 1. The highest BCUT2D eigenvalue weighted by Gasteiger charge is 2.47. The van der Waals surface area contributed by atoms with Gasteiger partial charge in [0.15, 0.2) is 6.04 Å². The van der Waals surface area contributed by atoms with Gasteiger partial charge in [-0.3, -0.25) is 4.79 Å². The molecule has 2 aromatic carbocycles. The molecule has 31 heavy (non-hydrogen) atoms. The summed E-state index contributed by atoms with van der Waals surface area (Å²) in [6.07, 6.45) is -3.69. The van der Waals surface area contributed by atoms with Crippen LogP contribution in [0.2, 0.25) is 0 Å².